The molecule has 0 unspecified atom stereocenters. The number of anilines is 1. The quantitative estimate of drug-likeness (QED) is 0.567. The fourth-order valence-electron chi connectivity index (χ4n) is 2.50. The Labute approximate surface area is 136 Å². The summed E-state index contributed by atoms with van der Waals surface area (Å²) in [4.78, 5) is 18.8. The number of benzene rings is 1. The number of carbonyl (C=O) groups is 1. The minimum absolute atomic E-state index is 0.144. The molecular weight excluding hydrogens is 312 g/mol. The fourth-order valence-corrected chi connectivity index (χ4v) is 4.12. The molecule has 1 amide bonds. The molecule has 0 saturated heterocycles. The Morgan fingerprint density at radius 2 is 2.14 bits per heavy atom. The molecule has 0 spiro atoms. The normalized spacial score (nSPS) is 12.4. The van der Waals surface area contributed by atoms with Gasteiger partial charge in [0.1, 0.15) is 0 Å². The summed E-state index contributed by atoms with van der Waals surface area (Å²) in [6.45, 7) is 0. The molecule has 3 aromatic rings. The van der Waals surface area contributed by atoms with Crippen molar-refractivity contribution in [3.8, 4) is 11.3 Å². The van der Waals surface area contributed by atoms with Crippen molar-refractivity contribution >= 4 is 39.8 Å². The molecule has 108 valence electrons. The largest absolute Gasteiger partial charge is 0.298 e. The molecular formula is C17H12N2OS2. The van der Waals surface area contributed by atoms with Gasteiger partial charge in [-0.3, -0.25) is 10.1 Å². The third-order valence-electron chi connectivity index (χ3n) is 3.49. The van der Waals surface area contributed by atoms with Crippen LogP contribution in [0.5, 0.6) is 0 Å². The molecule has 0 radical (unpaired) electrons. The average Bonchev–Trinajstić information content (AvgIpc) is 3.20. The van der Waals surface area contributed by atoms with Crippen LogP contribution in [0, 0.1) is 0 Å². The standard InChI is InChI=1S/C17H12N2OS2/c20-15(8-7-12-5-3-9-21-12)18-17-19-16-13-6-2-1-4-11(13)10-14(16)22-17/h1-9H,10H2,(H,18,19,20). The van der Waals surface area contributed by atoms with E-state index in [0.29, 0.717) is 5.13 Å². The van der Waals surface area contributed by atoms with Gasteiger partial charge in [-0.05, 0) is 23.1 Å². The summed E-state index contributed by atoms with van der Waals surface area (Å²) in [7, 11) is 0. The highest BCUT2D eigenvalue weighted by molar-refractivity contribution is 7.16. The van der Waals surface area contributed by atoms with Crippen LogP contribution < -0.4 is 5.32 Å². The van der Waals surface area contributed by atoms with Gasteiger partial charge in [-0.1, -0.05) is 30.3 Å². The average molecular weight is 324 g/mol. The molecule has 2 heterocycles. The van der Waals surface area contributed by atoms with E-state index in [1.807, 2.05) is 35.7 Å². The predicted octanol–water partition coefficient (Wildman–Crippen LogP) is 4.43. The van der Waals surface area contributed by atoms with Gasteiger partial charge >= 0.3 is 0 Å². The van der Waals surface area contributed by atoms with Crippen molar-refractivity contribution < 1.29 is 4.79 Å². The zero-order chi connectivity index (χ0) is 14.9. The van der Waals surface area contributed by atoms with E-state index in [1.165, 1.54) is 16.0 Å². The first-order valence-corrected chi connectivity index (χ1v) is 8.60. The maximum Gasteiger partial charge on any atom is 0.250 e. The Balaban J connectivity index is 1.51. The Hall–Kier alpha value is -2.24. The van der Waals surface area contributed by atoms with Crippen LogP contribution in [0.1, 0.15) is 15.3 Å². The van der Waals surface area contributed by atoms with Crippen LogP contribution in [-0.4, -0.2) is 10.9 Å². The van der Waals surface area contributed by atoms with Crippen molar-refractivity contribution in [1.82, 2.24) is 4.98 Å². The van der Waals surface area contributed by atoms with Gasteiger partial charge in [0.05, 0.1) is 5.69 Å². The number of hydrogen-bond acceptors (Lipinski definition) is 4. The van der Waals surface area contributed by atoms with E-state index in [9.17, 15) is 4.79 Å². The highest BCUT2D eigenvalue weighted by Crippen LogP contribution is 2.40. The molecule has 0 bridgehead atoms. The Bertz CT molecular complexity index is 863. The van der Waals surface area contributed by atoms with Crippen molar-refractivity contribution in [2.45, 2.75) is 6.42 Å². The van der Waals surface area contributed by atoms with Crippen molar-refractivity contribution in [3.63, 3.8) is 0 Å². The van der Waals surface area contributed by atoms with Crippen LogP contribution in [0.4, 0.5) is 5.13 Å². The van der Waals surface area contributed by atoms with Crippen molar-refractivity contribution in [2.24, 2.45) is 0 Å². The molecule has 3 nitrogen and oxygen atoms in total. The lowest BCUT2D eigenvalue weighted by atomic mass is 10.1. The molecule has 1 aromatic carbocycles. The van der Waals surface area contributed by atoms with Gasteiger partial charge in [0.25, 0.3) is 0 Å². The van der Waals surface area contributed by atoms with E-state index >= 15 is 0 Å². The first kappa shape index (κ1) is 13.4. The third kappa shape index (κ3) is 2.49. The summed E-state index contributed by atoms with van der Waals surface area (Å²) in [6, 6.07) is 12.2. The molecule has 5 heteroatoms. The highest BCUT2D eigenvalue weighted by Gasteiger charge is 2.23. The lowest BCUT2D eigenvalue weighted by Crippen LogP contribution is -2.07. The number of nitrogens with one attached hydrogen (secondary N) is 1. The number of amides is 1. The Morgan fingerprint density at radius 3 is 3.00 bits per heavy atom. The molecule has 1 aliphatic carbocycles. The second-order valence-corrected chi connectivity index (χ2v) is 7.03. The number of thiophene rings is 1. The number of fused-ring (bicyclic) bond motifs is 3. The molecule has 1 aliphatic rings. The molecule has 4 rings (SSSR count). The number of carbonyl (C=O) groups excluding carboxylic acids is 1. The molecule has 0 saturated carbocycles. The summed E-state index contributed by atoms with van der Waals surface area (Å²) in [5, 5.41) is 5.50. The van der Waals surface area contributed by atoms with Crippen LogP contribution in [0.2, 0.25) is 0 Å². The van der Waals surface area contributed by atoms with Crippen LogP contribution in [0.25, 0.3) is 17.3 Å². The Kier molecular flexibility index (Phi) is 3.36. The zero-order valence-corrected chi connectivity index (χ0v) is 13.2. The van der Waals surface area contributed by atoms with E-state index in [4.69, 9.17) is 0 Å². The van der Waals surface area contributed by atoms with Crippen molar-refractivity contribution in [3.05, 3.63) is 63.2 Å². The summed E-state index contributed by atoms with van der Waals surface area (Å²) < 4.78 is 0. The van der Waals surface area contributed by atoms with Gasteiger partial charge in [0.2, 0.25) is 5.91 Å². The number of hydrogen-bond donors (Lipinski definition) is 1. The highest BCUT2D eigenvalue weighted by atomic mass is 32.1. The first-order chi connectivity index (χ1) is 10.8. The maximum atomic E-state index is 12.0. The van der Waals surface area contributed by atoms with Crippen LogP contribution >= 0.6 is 22.7 Å². The third-order valence-corrected chi connectivity index (χ3v) is 5.30. The number of nitrogens with zero attached hydrogens (tertiary/aromatic N) is 1. The summed E-state index contributed by atoms with van der Waals surface area (Å²) in [5.74, 6) is -0.144. The van der Waals surface area contributed by atoms with Crippen molar-refractivity contribution in [1.29, 1.82) is 0 Å². The van der Waals surface area contributed by atoms with Gasteiger partial charge in [-0.25, -0.2) is 4.98 Å². The molecule has 0 fully saturated rings. The van der Waals surface area contributed by atoms with Gasteiger partial charge in [-0.15, -0.1) is 22.7 Å². The number of rotatable bonds is 3. The van der Waals surface area contributed by atoms with Gasteiger partial charge < -0.3 is 0 Å². The van der Waals surface area contributed by atoms with E-state index in [-0.39, 0.29) is 5.91 Å². The second kappa shape index (κ2) is 5.51. The first-order valence-electron chi connectivity index (χ1n) is 6.90. The molecule has 1 N–H and O–H groups in total. The minimum Gasteiger partial charge on any atom is -0.298 e. The van der Waals surface area contributed by atoms with Crippen LogP contribution in [0.3, 0.4) is 0 Å². The molecule has 22 heavy (non-hydrogen) atoms. The van der Waals surface area contributed by atoms with Crippen LogP contribution in [0.15, 0.2) is 47.9 Å². The fraction of sp³-hybridized carbons (Fsp3) is 0.0588. The monoisotopic (exact) mass is 324 g/mol. The van der Waals surface area contributed by atoms with Crippen LogP contribution in [-0.2, 0) is 11.2 Å². The number of thiazole rings is 1. The number of aromatic nitrogens is 1. The summed E-state index contributed by atoms with van der Waals surface area (Å²) in [5.41, 5.74) is 3.51. The van der Waals surface area contributed by atoms with Gasteiger partial charge in [0.15, 0.2) is 5.13 Å². The minimum atomic E-state index is -0.144. The molecule has 0 atom stereocenters. The lowest BCUT2D eigenvalue weighted by Gasteiger charge is -1.99. The summed E-state index contributed by atoms with van der Waals surface area (Å²) in [6.07, 6.45) is 4.27. The smallest absolute Gasteiger partial charge is 0.250 e. The van der Waals surface area contributed by atoms with E-state index in [0.717, 1.165) is 17.0 Å². The maximum absolute atomic E-state index is 12.0. The van der Waals surface area contributed by atoms with E-state index in [2.05, 4.69) is 22.4 Å². The second-order valence-electron chi connectivity index (χ2n) is 4.96. The zero-order valence-electron chi connectivity index (χ0n) is 11.6. The molecule has 0 aliphatic heterocycles. The summed E-state index contributed by atoms with van der Waals surface area (Å²) >= 11 is 3.16. The molecule has 2 aromatic heterocycles. The van der Waals surface area contributed by atoms with E-state index < -0.39 is 0 Å². The Morgan fingerprint density at radius 1 is 1.23 bits per heavy atom. The van der Waals surface area contributed by atoms with E-state index in [1.54, 1.807) is 28.7 Å². The van der Waals surface area contributed by atoms with Gasteiger partial charge in [0, 0.05) is 27.8 Å². The topological polar surface area (TPSA) is 42.0 Å². The predicted molar refractivity (Wildman–Crippen MR) is 92.3 cm³/mol. The van der Waals surface area contributed by atoms with Crippen molar-refractivity contribution in [2.75, 3.05) is 5.32 Å². The lowest BCUT2D eigenvalue weighted by molar-refractivity contribution is -0.111. The SMILES string of the molecule is O=C(C=Cc1cccs1)Nc1nc2c(s1)Cc1ccccc1-2. The van der Waals surface area contributed by atoms with Gasteiger partial charge in [-0.2, -0.15) is 0 Å².